The third-order valence-electron chi connectivity index (χ3n) is 3.46. The van der Waals surface area contributed by atoms with Crippen LogP contribution in [0.4, 0.5) is 0 Å². The minimum Gasteiger partial charge on any atom is -0.506 e. The number of aromatic hydroxyl groups is 1. The molecule has 0 saturated heterocycles. The van der Waals surface area contributed by atoms with E-state index in [-0.39, 0.29) is 5.75 Å². The highest BCUT2D eigenvalue weighted by molar-refractivity contribution is 5.96. The van der Waals surface area contributed by atoms with Gasteiger partial charge in [0.1, 0.15) is 17.4 Å². The Morgan fingerprint density at radius 2 is 1.75 bits per heavy atom. The first kappa shape index (κ1) is 12.3. The number of benzene rings is 3. The van der Waals surface area contributed by atoms with Crippen LogP contribution in [0.3, 0.4) is 0 Å². The molecule has 0 spiro atoms. The normalized spacial score (nSPS) is 10.4. The molecule has 0 fully saturated rings. The van der Waals surface area contributed by atoms with Gasteiger partial charge in [0.25, 0.3) is 0 Å². The van der Waals surface area contributed by atoms with E-state index >= 15 is 0 Å². The molecule has 2 nitrogen and oxygen atoms in total. The average Bonchev–Trinajstić information content (AvgIpc) is 2.47. The van der Waals surface area contributed by atoms with Gasteiger partial charge in [-0.05, 0) is 23.9 Å². The van der Waals surface area contributed by atoms with Gasteiger partial charge in [-0.15, -0.1) is 0 Å². The maximum Gasteiger partial charge on any atom is 0.141 e. The van der Waals surface area contributed by atoms with Gasteiger partial charge in [0.05, 0.1) is 0 Å². The zero-order valence-electron chi connectivity index (χ0n) is 11.1. The van der Waals surface area contributed by atoms with Gasteiger partial charge in [0.2, 0.25) is 0 Å². The molecule has 20 heavy (non-hydrogen) atoms. The summed E-state index contributed by atoms with van der Waals surface area (Å²) in [4.78, 5) is 0. The Labute approximate surface area is 117 Å². The maximum absolute atomic E-state index is 10.4. The quantitative estimate of drug-likeness (QED) is 0.704. The molecule has 0 aliphatic heterocycles. The van der Waals surface area contributed by atoms with Crippen molar-refractivity contribution in [2.45, 2.75) is 6.92 Å². The number of hydrogen-bond acceptors (Lipinski definition) is 2. The van der Waals surface area contributed by atoms with Crippen molar-refractivity contribution in [1.82, 2.24) is 0 Å². The van der Waals surface area contributed by atoms with Gasteiger partial charge in [-0.3, -0.25) is 0 Å². The highest BCUT2D eigenvalue weighted by Gasteiger charge is 2.13. The van der Waals surface area contributed by atoms with Crippen molar-refractivity contribution in [1.29, 1.82) is 5.26 Å². The molecular weight excluding hydrogens is 246 g/mol. The highest BCUT2D eigenvalue weighted by Crippen LogP contribution is 2.36. The second-order valence-corrected chi connectivity index (χ2v) is 4.85. The predicted octanol–water partition coefficient (Wildman–Crippen LogP) is 4.39. The van der Waals surface area contributed by atoms with Crippen LogP contribution in [0.25, 0.3) is 21.9 Å². The van der Waals surface area contributed by atoms with Crippen LogP contribution in [-0.2, 0) is 0 Å². The van der Waals surface area contributed by atoms with Crippen molar-refractivity contribution in [3.8, 4) is 22.9 Å². The smallest absolute Gasteiger partial charge is 0.141 e. The van der Waals surface area contributed by atoms with Crippen LogP contribution in [0.1, 0.15) is 11.1 Å². The Bertz CT molecular complexity index is 829. The van der Waals surface area contributed by atoms with E-state index in [1.54, 1.807) is 0 Å². The number of nitrogens with zero attached hydrogens (tertiary/aromatic N) is 1. The fourth-order valence-electron chi connectivity index (χ4n) is 2.47. The number of fused-ring (bicyclic) bond motifs is 1. The number of aryl methyl sites for hydroxylation is 1. The van der Waals surface area contributed by atoms with Crippen LogP contribution in [-0.4, -0.2) is 5.11 Å². The van der Waals surface area contributed by atoms with Crippen LogP contribution < -0.4 is 0 Å². The van der Waals surface area contributed by atoms with E-state index in [2.05, 4.69) is 6.07 Å². The van der Waals surface area contributed by atoms with Gasteiger partial charge in [-0.2, -0.15) is 5.26 Å². The highest BCUT2D eigenvalue weighted by atomic mass is 16.3. The van der Waals surface area contributed by atoms with Gasteiger partial charge < -0.3 is 5.11 Å². The topological polar surface area (TPSA) is 44.0 Å². The molecule has 0 heterocycles. The summed E-state index contributed by atoms with van der Waals surface area (Å²) in [6, 6.07) is 19.6. The van der Waals surface area contributed by atoms with E-state index < -0.39 is 0 Å². The standard InChI is InChI=1S/C18H13NO/c1-12-7-8-15-14(9-12)10-16(17(11-19)18(15)20)13-5-3-2-4-6-13/h2-10,20H,1H3. The summed E-state index contributed by atoms with van der Waals surface area (Å²) < 4.78 is 0. The minimum absolute atomic E-state index is 0.0591. The Balaban J connectivity index is 2.40. The van der Waals surface area contributed by atoms with Crippen LogP contribution >= 0.6 is 0 Å². The number of phenolic OH excluding ortho intramolecular Hbond substituents is 1. The van der Waals surface area contributed by atoms with Crippen molar-refractivity contribution in [3.05, 3.63) is 65.7 Å². The van der Waals surface area contributed by atoms with Gasteiger partial charge in [0.15, 0.2) is 0 Å². The summed E-state index contributed by atoms with van der Waals surface area (Å²) in [5.41, 5.74) is 3.15. The molecule has 0 atom stereocenters. The van der Waals surface area contributed by atoms with Gasteiger partial charge in [-0.1, -0.05) is 54.1 Å². The van der Waals surface area contributed by atoms with Crippen LogP contribution in [0.2, 0.25) is 0 Å². The first-order valence-electron chi connectivity index (χ1n) is 6.42. The largest absolute Gasteiger partial charge is 0.506 e. The Morgan fingerprint density at radius 1 is 1.00 bits per heavy atom. The number of hydrogen-bond donors (Lipinski definition) is 1. The summed E-state index contributed by atoms with van der Waals surface area (Å²) in [5.74, 6) is 0.0591. The van der Waals surface area contributed by atoms with Crippen molar-refractivity contribution in [3.63, 3.8) is 0 Å². The lowest BCUT2D eigenvalue weighted by Crippen LogP contribution is -1.88. The number of nitriles is 1. The molecule has 3 aromatic rings. The van der Waals surface area contributed by atoms with Crippen molar-refractivity contribution in [2.24, 2.45) is 0 Å². The zero-order chi connectivity index (χ0) is 14.1. The molecule has 0 amide bonds. The molecule has 3 aromatic carbocycles. The zero-order valence-corrected chi connectivity index (χ0v) is 11.1. The fraction of sp³-hybridized carbons (Fsp3) is 0.0556. The molecule has 0 aromatic heterocycles. The molecule has 0 saturated carbocycles. The predicted molar refractivity (Wildman–Crippen MR) is 80.5 cm³/mol. The third-order valence-corrected chi connectivity index (χ3v) is 3.46. The Kier molecular flexibility index (Phi) is 2.89. The molecule has 0 radical (unpaired) electrons. The lowest BCUT2D eigenvalue weighted by Gasteiger charge is -2.10. The molecule has 3 rings (SSSR count). The molecule has 2 heteroatoms. The van der Waals surface area contributed by atoms with Gasteiger partial charge in [0, 0.05) is 10.9 Å². The minimum atomic E-state index is 0.0591. The lowest BCUT2D eigenvalue weighted by atomic mass is 9.94. The summed E-state index contributed by atoms with van der Waals surface area (Å²) in [7, 11) is 0. The Morgan fingerprint density at radius 3 is 2.45 bits per heavy atom. The SMILES string of the molecule is Cc1ccc2c(O)c(C#N)c(-c3ccccc3)cc2c1. The first-order valence-corrected chi connectivity index (χ1v) is 6.42. The second-order valence-electron chi connectivity index (χ2n) is 4.85. The molecule has 0 aliphatic carbocycles. The number of rotatable bonds is 1. The Hall–Kier alpha value is -2.79. The molecule has 1 N–H and O–H groups in total. The lowest BCUT2D eigenvalue weighted by molar-refractivity contribution is 0.480. The third kappa shape index (κ3) is 1.90. The van der Waals surface area contributed by atoms with E-state index in [9.17, 15) is 10.4 Å². The van der Waals surface area contributed by atoms with Crippen molar-refractivity contribution < 1.29 is 5.11 Å². The molecule has 0 aliphatic rings. The maximum atomic E-state index is 10.4. The summed E-state index contributed by atoms with van der Waals surface area (Å²) in [6.45, 7) is 2.01. The monoisotopic (exact) mass is 259 g/mol. The van der Waals surface area contributed by atoms with E-state index in [0.717, 1.165) is 22.1 Å². The van der Waals surface area contributed by atoms with Crippen LogP contribution in [0, 0.1) is 18.3 Å². The van der Waals surface area contributed by atoms with E-state index in [1.165, 1.54) is 0 Å². The van der Waals surface area contributed by atoms with Crippen molar-refractivity contribution in [2.75, 3.05) is 0 Å². The second kappa shape index (κ2) is 4.71. The van der Waals surface area contributed by atoms with E-state index in [0.29, 0.717) is 10.9 Å². The van der Waals surface area contributed by atoms with Crippen LogP contribution in [0.15, 0.2) is 54.6 Å². The summed E-state index contributed by atoms with van der Waals surface area (Å²) >= 11 is 0. The van der Waals surface area contributed by atoms with Crippen LogP contribution in [0.5, 0.6) is 5.75 Å². The summed E-state index contributed by atoms with van der Waals surface area (Å²) in [6.07, 6.45) is 0. The molecule has 96 valence electrons. The van der Waals surface area contributed by atoms with Crippen molar-refractivity contribution >= 4 is 10.8 Å². The van der Waals surface area contributed by atoms with E-state index in [1.807, 2.05) is 61.5 Å². The fourth-order valence-corrected chi connectivity index (χ4v) is 2.47. The number of phenols is 1. The van der Waals surface area contributed by atoms with Gasteiger partial charge in [-0.25, -0.2) is 0 Å². The van der Waals surface area contributed by atoms with E-state index in [4.69, 9.17) is 0 Å². The molecular formula is C18H13NO. The molecule has 0 bridgehead atoms. The van der Waals surface area contributed by atoms with Gasteiger partial charge >= 0.3 is 0 Å². The summed E-state index contributed by atoms with van der Waals surface area (Å²) in [5, 5.41) is 21.4. The first-order chi connectivity index (χ1) is 9.70. The molecule has 0 unspecified atom stereocenters. The average molecular weight is 259 g/mol.